The van der Waals surface area contributed by atoms with Crippen molar-refractivity contribution < 1.29 is 33.7 Å². The van der Waals surface area contributed by atoms with Crippen LogP contribution in [0.25, 0.3) is 0 Å². The highest BCUT2D eigenvalue weighted by molar-refractivity contribution is 5.97. The average molecular weight is 490 g/mol. The Labute approximate surface area is 208 Å². The second-order valence-electron chi connectivity index (χ2n) is 8.46. The molecule has 0 bridgehead atoms. The van der Waals surface area contributed by atoms with Crippen molar-refractivity contribution in [3.05, 3.63) is 89.0 Å². The Bertz CT molecular complexity index is 1240. The highest BCUT2D eigenvalue weighted by Gasteiger charge is 2.23. The third-order valence-electron chi connectivity index (χ3n) is 5.92. The summed E-state index contributed by atoms with van der Waals surface area (Å²) in [4.78, 5) is 37.8. The van der Waals surface area contributed by atoms with Gasteiger partial charge in [0.25, 0.3) is 0 Å². The Hall–Kier alpha value is -4.17. The van der Waals surface area contributed by atoms with Crippen LogP contribution in [0.2, 0.25) is 0 Å². The van der Waals surface area contributed by atoms with Crippen LogP contribution >= 0.6 is 0 Å². The number of carbonyl (C=O) groups excluding carboxylic acids is 3. The summed E-state index contributed by atoms with van der Waals surface area (Å²) in [5.41, 5.74) is 2.71. The molecule has 0 spiro atoms. The van der Waals surface area contributed by atoms with Crippen molar-refractivity contribution in [1.29, 1.82) is 0 Å². The Balaban J connectivity index is 1.47. The van der Waals surface area contributed by atoms with Gasteiger partial charge in [-0.25, -0.2) is 0 Å². The first kappa shape index (κ1) is 24.9. The fourth-order valence-electron chi connectivity index (χ4n) is 3.95. The van der Waals surface area contributed by atoms with Crippen molar-refractivity contribution in [2.45, 2.75) is 25.3 Å². The summed E-state index contributed by atoms with van der Waals surface area (Å²) in [6, 6.07) is 18.4. The van der Waals surface area contributed by atoms with E-state index in [9.17, 15) is 14.4 Å². The largest absolute Gasteiger partial charge is 0.497 e. The lowest BCUT2D eigenvalue weighted by Gasteiger charge is -2.19. The minimum atomic E-state index is -0.751. The quantitative estimate of drug-likeness (QED) is 0.399. The van der Waals surface area contributed by atoms with Crippen LogP contribution in [-0.4, -0.2) is 49.1 Å². The van der Waals surface area contributed by atoms with Gasteiger partial charge in [0.15, 0.2) is 23.1 Å². The maximum absolute atomic E-state index is 13.3. The standard InChI is InChI=1S/C28H27NO7/c1-34-22-9-4-18(5-10-22)12-23(24(31)13-19-2-7-21(8-3-19)25(32)16-30)29-28(33)15-20-6-11-26-27(14-20)36-17-35-26/h2-11,14,23,30H,12-13,15-17H2,1H3,(H,29,33)/t23-/m0/s1. The number of ketones is 2. The molecule has 0 saturated heterocycles. The normalized spacial score (nSPS) is 12.6. The second-order valence-corrected chi connectivity index (χ2v) is 8.46. The summed E-state index contributed by atoms with van der Waals surface area (Å²) in [5.74, 6) is 1.09. The van der Waals surface area contributed by atoms with E-state index in [2.05, 4.69) is 5.32 Å². The first-order chi connectivity index (χ1) is 17.4. The van der Waals surface area contributed by atoms with Gasteiger partial charge in [-0.2, -0.15) is 0 Å². The van der Waals surface area contributed by atoms with Gasteiger partial charge in [0.1, 0.15) is 12.4 Å². The lowest BCUT2D eigenvalue weighted by atomic mass is 9.96. The number of hydrogen-bond acceptors (Lipinski definition) is 7. The van der Waals surface area contributed by atoms with Crippen LogP contribution in [0.5, 0.6) is 17.2 Å². The van der Waals surface area contributed by atoms with Crippen LogP contribution in [0.1, 0.15) is 27.0 Å². The average Bonchev–Trinajstić information content (AvgIpc) is 3.36. The minimum Gasteiger partial charge on any atom is -0.497 e. The molecule has 0 fully saturated rings. The van der Waals surface area contributed by atoms with E-state index in [0.29, 0.717) is 34.8 Å². The maximum Gasteiger partial charge on any atom is 0.231 e. The van der Waals surface area contributed by atoms with Gasteiger partial charge in [-0.3, -0.25) is 14.4 Å². The number of rotatable bonds is 11. The summed E-state index contributed by atoms with van der Waals surface area (Å²) < 4.78 is 15.9. The smallest absolute Gasteiger partial charge is 0.231 e. The third-order valence-corrected chi connectivity index (χ3v) is 5.92. The van der Waals surface area contributed by atoms with Crippen molar-refractivity contribution in [2.75, 3.05) is 20.5 Å². The minimum absolute atomic E-state index is 0.0821. The van der Waals surface area contributed by atoms with E-state index in [4.69, 9.17) is 19.3 Å². The molecule has 0 unspecified atom stereocenters. The molecule has 0 aliphatic carbocycles. The Morgan fingerprint density at radius 2 is 1.56 bits per heavy atom. The number of hydrogen-bond donors (Lipinski definition) is 2. The van der Waals surface area contributed by atoms with Crippen LogP contribution in [0, 0.1) is 0 Å². The summed E-state index contributed by atoms with van der Waals surface area (Å²) in [5, 5.41) is 11.9. The van der Waals surface area contributed by atoms with Gasteiger partial charge in [0.05, 0.1) is 19.6 Å². The SMILES string of the molecule is COc1ccc(C[C@H](NC(=O)Cc2ccc3c(c2)OCO3)C(=O)Cc2ccc(C(=O)CO)cc2)cc1. The molecule has 1 aliphatic rings. The number of carbonyl (C=O) groups is 3. The van der Waals surface area contributed by atoms with Gasteiger partial charge in [-0.1, -0.05) is 42.5 Å². The molecule has 3 aromatic rings. The van der Waals surface area contributed by atoms with Gasteiger partial charge < -0.3 is 24.6 Å². The first-order valence-corrected chi connectivity index (χ1v) is 11.5. The Kier molecular flexibility index (Phi) is 7.97. The van der Waals surface area contributed by atoms with Gasteiger partial charge >= 0.3 is 0 Å². The van der Waals surface area contributed by atoms with Gasteiger partial charge in [-0.05, 0) is 47.4 Å². The molecule has 2 N–H and O–H groups in total. The lowest BCUT2D eigenvalue weighted by molar-refractivity contribution is -0.127. The van der Waals surface area contributed by atoms with Gasteiger partial charge in [0.2, 0.25) is 12.7 Å². The molecule has 36 heavy (non-hydrogen) atoms. The van der Waals surface area contributed by atoms with Crippen LogP contribution in [0.3, 0.4) is 0 Å². The lowest BCUT2D eigenvalue weighted by Crippen LogP contribution is -2.43. The number of nitrogens with one attached hydrogen (secondary N) is 1. The number of amides is 1. The van der Waals surface area contributed by atoms with E-state index in [1.165, 1.54) is 0 Å². The van der Waals surface area contributed by atoms with Gasteiger partial charge in [-0.15, -0.1) is 0 Å². The monoisotopic (exact) mass is 489 g/mol. The van der Waals surface area contributed by atoms with E-state index in [1.807, 2.05) is 24.3 Å². The zero-order valence-corrected chi connectivity index (χ0v) is 19.9. The van der Waals surface area contributed by atoms with Crippen LogP contribution in [0.4, 0.5) is 0 Å². The summed E-state index contributed by atoms with van der Waals surface area (Å²) in [6.07, 6.45) is 0.483. The molecule has 0 aromatic heterocycles. The second kappa shape index (κ2) is 11.5. The number of fused-ring (bicyclic) bond motifs is 1. The number of ether oxygens (including phenoxy) is 3. The molecule has 8 heteroatoms. The molecular formula is C28H27NO7. The first-order valence-electron chi connectivity index (χ1n) is 11.5. The molecule has 3 aromatic carbocycles. The maximum atomic E-state index is 13.3. The number of benzene rings is 3. The molecule has 8 nitrogen and oxygen atoms in total. The highest BCUT2D eigenvalue weighted by Crippen LogP contribution is 2.32. The molecule has 0 radical (unpaired) electrons. The van der Waals surface area contributed by atoms with Crippen molar-refractivity contribution in [1.82, 2.24) is 5.32 Å². The highest BCUT2D eigenvalue weighted by atomic mass is 16.7. The topological polar surface area (TPSA) is 111 Å². The zero-order valence-electron chi connectivity index (χ0n) is 19.9. The van der Waals surface area contributed by atoms with E-state index < -0.39 is 12.6 Å². The predicted octanol–water partition coefficient (Wildman–Crippen LogP) is 2.68. The van der Waals surface area contributed by atoms with E-state index in [-0.39, 0.29) is 37.1 Å². The molecular weight excluding hydrogens is 462 g/mol. The fourth-order valence-corrected chi connectivity index (χ4v) is 3.95. The number of methoxy groups -OCH3 is 1. The molecule has 4 rings (SSSR count). The van der Waals surface area contributed by atoms with E-state index in [0.717, 1.165) is 11.1 Å². The predicted molar refractivity (Wildman–Crippen MR) is 131 cm³/mol. The Morgan fingerprint density at radius 3 is 2.25 bits per heavy atom. The number of aliphatic hydroxyl groups excluding tert-OH is 1. The molecule has 0 saturated carbocycles. The summed E-state index contributed by atoms with van der Waals surface area (Å²) >= 11 is 0. The zero-order chi connectivity index (χ0) is 25.5. The number of aliphatic hydroxyl groups is 1. The van der Waals surface area contributed by atoms with Crippen molar-refractivity contribution in [3.8, 4) is 17.2 Å². The van der Waals surface area contributed by atoms with Crippen LogP contribution in [-0.2, 0) is 28.9 Å². The number of Topliss-reactive ketones (excluding diaryl/α,β-unsaturated/α-hetero) is 2. The summed E-state index contributed by atoms with van der Waals surface area (Å²) in [7, 11) is 1.58. The van der Waals surface area contributed by atoms with Crippen molar-refractivity contribution >= 4 is 17.5 Å². The molecule has 1 heterocycles. The Morgan fingerprint density at radius 1 is 0.889 bits per heavy atom. The van der Waals surface area contributed by atoms with Gasteiger partial charge in [0, 0.05) is 12.0 Å². The molecule has 1 amide bonds. The van der Waals surface area contributed by atoms with Crippen molar-refractivity contribution in [3.63, 3.8) is 0 Å². The van der Waals surface area contributed by atoms with E-state index in [1.54, 1.807) is 49.6 Å². The van der Waals surface area contributed by atoms with Crippen LogP contribution < -0.4 is 19.5 Å². The fraction of sp³-hybridized carbons (Fsp3) is 0.250. The molecule has 186 valence electrons. The third kappa shape index (κ3) is 6.28. The summed E-state index contributed by atoms with van der Waals surface area (Å²) in [6.45, 7) is -0.420. The molecule has 1 aliphatic heterocycles. The molecule has 1 atom stereocenters. The van der Waals surface area contributed by atoms with E-state index >= 15 is 0 Å². The van der Waals surface area contributed by atoms with Crippen LogP contribution in [0.15, 0.2) is 66.7 Å². The van der Waals surface area contributed by atoms with Crippen molar-refractivity contribution in [2.24, 2.45) is 0 Å².